The highest BCUT2D eigenvalue weighted by Gasteiger charge is 2.19. The van der Waals surface area contributed by atoms with Crippen LogP contribution < -0.4 is 5.73 Å². The predicted octanol–water partition coefficient (Wildman–Crippen LogP) is 0.214. The van der Waals surface area contributed by atoms with E-state index in [2.05, 4.69) is 10.8 Å². The lowest BCUT2D eigenvalue weighted by Gasteiger charge is -2.08. The second-order valence-corrected chi connectivity index (χ2v) is 3.84. The average molecular weight is 179 g/mol. The number of hydrogen-bond donors (Lipinski definition) is 1. The molecule has 0 radical (unpaired) electrons. The highest BCUT2D eigenvalue weighted by atomic mass is 32.2. The molecule has 0 aromatic heterocycles. The van der Waals surface area contributed by atoms with Crippen LogP contribution in [-0.2, 0) is 14.3 Å². The molecule has 0 heterocycles. The van der Waals surface area contributed by atoms with Crippen molar-refractivity contribution in [2.24, 2.45) is 5.73 Å². The highest BCUT2D eigenvalue weighted by molar-refractivity contribution is 7.87. The van der Waals surface area contributed by atoms with E-state index in [9.17, 15) is 8.42 Å². The molecule has 0 rings (SSSR count). The molecule has 0 aromatic rings. The van der Waals surface area contributed by atoms with E-state index in [1.54, 1.807) is 6.92 Å². The molecule has 1 unspecified atom stereocenters. The average Bonchev–Trinajstić information content (AvgIpc) is 1.99. The van der Waals surface area contributed by atoms with Gasteiger partial charge in [-0.2, -0.15) is 8.42 Å². The minimum absolute atomic E-state index is 0.0178. The van der Waals surface area contributed by atoms with E-state index in [0.717, 1.165) is 0 Å². The zero-order chi connectivity index (χ0) is 8.91. The first-order valence-electron chi connectivity index (χ1n) is 3.29. The molecule has 0 saturated carbocycles. The molecule has 11 heavy (non-hydrogen) atoms. The Morgan fingerprint density at radius 2 is 2.27 bits per heavy atom. The van der Waals surface area contributed by atoms with Gasteiger partial charge in [-0.05, 0) is 6.42 Å². The van der Waals surface area contributed by atoms with Crippen molar-refractivity contribution < 1.29 is 12.6 Å². The Hall–Kier alpha value is -0.390. The summed E-state index contributed by atoms with van der Waals surface area (Å²) in [6, 6.07) is 0. The normalized spacial score (nSPS) is 14.4. The number of rotatable bonds is 5. The van der Waals surface area contributed by atoms with Gasteiger partial charge in [0.25, 0.3) is 10.1 Å². The molecule has 2 N–H and O–H groups in total. The summed E-state index contributed by atoms with van der Waals surface area (Å²) in [5.41, 5.74) is 5.24. The van der Waals surface area contributed by atoms with Crippen molar-refractivity contribution in [3.05, 3.63) is 12.7 Å². The monoisotopic (exact) mass is 179 g/mol. The van der Waals surface area contributed by atoms with Crippen LogP contribution in [0.25, 0.3) is 0 Å². The largest absolute Gasteiger partial charge is 0.313 e. The second-order valence-electron chi connectivity index (χ2n) is 2.01. The molecular weight excluding hydrogens is 166 g/mol. The second kappa shape index (κ2) is 4.48. The minimum atomic E-state index is -3.57. The predicted molar refractivity (Wildman–Crippen MR) is 43.3 cm³/mol. The highest BCUT2D eigenvalue weighted by Crippen LogP contribution is 2.01. The summed E-state index contributed by atoms with van der Waals surface area (Å²) in [5, 5.41) is -0.928. The fourth-order valence-electron chi connectivity index (χ4n) is 0.434. The standard InChI is InChI=1S/C6H13NO3S/c1-3-5-10-11(8,9)6(7)4-2/h3,6H,1,4-5,7H2,2H3. The van der Waals surface area contributed by atoms with Gasteiger partial charge in [-0.1, -0.05) is 13.0 Å². The Bertz CT molecular complexity index is 210. The van der Waals surface area contributed by atoms with Crippen LogP contribution in [0.1, 0.15) is 13.3 Å². The molecule has 0 aliphatic carbocycles. The molecular formula is C6H13NO3S. The third-order valence-electron chi connectivity index (χ3n) is 1.12. The Kier molecular flexibility index (Phi) is 4.32. The van der Waals surface area contributed by atoms with E-state index in [0.29, 0.717) is 6.42 Å². The molecule has 5 heteroatoms. The molecule has 0 aromatic carbocycles. The van der Waals surface area contributed by atoms with Crippen molar-refractivity contribution in [1.29, 1.82) is 0 Å². The topological polar surface area (TPSA) is 69.4 Å². The van der Waals surface area contributed by atoms with E-state index in [-0.39, 0.29) is 6.61 Å². The van der Waals surface area contributed by atoms with Crippen LogP contribution >= 0.6 is 0 Å². The Morgan fingerprint density at radius 1 is 1.73 bits per heavy atom. The van der Waals surface area contributed by atoms with Crippen molar-refractivity contribution in [2.45, 2.75) is 18.7 Å². The van der Waals surface area contributed by atoms with Crippen LogP contribution in [0, 0.1) is 0 Å². The third-order valence-corrected chi connectivity index (χ3v) is 2.66. The molecule has 66 valence electrons. The maximum Gasteiger partial charge on any atom is 0.283 e. The van der Waals surface area contributed by atoms with Gasteiger partial charge in [0.1, 0.15) is 5.37 Å². The minimum Gasteiger partial charge on any atom is -0.313 e. The van der Waals surface area contributed by atoms with Gasteiger partial charge in [0.2, 0.25) is 0 Å². The van der Waals surface area contributed by atoms with E-state index in [4.69, 9.17) is 5.73 Å². The molecule has 0 fully saturated rings. The summed E-state index contributed by atoms with van der Waals surface area (Å²) in [5.74, 6) is 0. The van der Waals surface area contributed by atoms with Crippen molar-refractivity contribution in [3.8, 4) is 0 Å². The van der Waals surface area contributed by atoms with Gasteiger partial charge in [-0.3, -0.25) is 4.18 Å². The molecule has 0 amide bonds. The van der Waals surface area contributed by atoms with Crippen LogP contribution in [0.4, 0.5) is 0 Å². The van der Waals surface area contributed by atoms with Crippen LogP contribution in [0.3, 0.4) is 0 Å². The van der Waals surface area contributed by atoms with Gasteiger partial charge in [-0.15, -0.1) is 6.58 Å². The Balaban J connectivity index is 4.11. The van der Waals surface area contributed by atoms with Crippen molar-refractivity contribution in [3.63, 3.8) is 0 Å². The van der Waals surface area contributed by atoms with Crippen LogP contribution in [0.5, 0.6) is 0 Å². The van der Waals surface area contributed by atoms with Crippen LogP contribution in [-0.4, -0.2) is 20.4 Å². The molecule has 1 atom stereocenters. The van der Waals surface area contributed by atoms with E-state index in [1.807, 2.05) is 0 Å². The third kappa shape index (κ3) is 3.50. The number of nitrogens with two attached hydrogens (primary N) is 1. The first-order valence-corrected chi connectivity index (χ1v) is 4.76. The zero-order valence-electron chi connectivity index (χ0n) is 6.49. The molecule has 0 aliphatic heterocycles. The smallest absolute Gasteiger partial charge is 0.283 e. The summed E-state index contributed by atoms with van der Waals surface area (Å²) in [7, 11) is -3.57. The molecule has 0 saturated heterocycles. The van der Waals surface area contributed by atoms with Crippen molar-refractivity contribution in [2.75, 3.05) is 6.61 Å². The summed E-state index contributed by atoms with van der Waals surface area (Å²) in [6.07, 6.45) is 1.71. The van der Waals surface area contributed by atoms with E-state index in [1.165, 1.54) is 6.08 Å². The fraction of sp³-hybridized carbons (Fsp3) is 0.667. The summed E-state index contributed by atoms with van der Waals surface area (Å²) >= 11 is 0. The van der Waals surface area contributed by atoms with Crippen molar-refractivity contribution >= 4 is 10.1 Å². The summed E-state index contributed by atoms with van der Waals surface area (Å²) in [6.45, 7) is 4.98. The molecule has 0 spiro atoms. The molecule has 0 aliphatic rings. The molecule has 0 bridgehead atoms. The van der Waals surface area contributed by atoms with Crippen molar-refractivity contribution in [1.82, 2.24) is 0 Å². The number of hydrogen-bond acceptors (Lipinski definition) is 4. The van der Waals surface area contributed by atoms with Gasteiger partial charge < -0.3 is 5.73 Å². The first-order chi connectivity index (χ1) is 5.04. The van der Waals surface area contributed by atoms with Gasteiger partial charge >= 0.3 is 0 Å². The maximum atomic E-state index is 10.9. The SMILES string of the molecule is C=CCOS(=O)(=O)C(N)CC. The van der Waals surface area contributed by atoms with Gasteiger partial charge in [-0.25, -0.2) is 0 Å². The first kappa shape index (κ1) is 10.6. The molecule has 4 nitrogen and oxygen atoms in total. The van der Waals surface area contributed by atoms with E-state index >= 15 is 0 Å². The summed E-state index contributed by atoms with van der Waals surface area (Å²) in [4.78, 5) is 0. The Morgan fingerprint density at radius 3 is 2.64 bits per heavy atom. The maximum absolute atomic E-state index is 10.9. The fourth-order valence-corrected chi connectivity index (χ4v) is 1.30. The lowest BCUT2D eigenvalue weighted by atomic mass is 10.5. The quantitative estimate of drug-likeness (QED) is 0.484. The van der Waals surface area contributed by atoms with E-state index < -0.39 is 15.5 Å². The van der Waals surface area contributed by atoms with Gasteiger partial charge in [0.05, 0.1) is 6.61 Å². The Labute approximate surface area is 67.2 Å². The zero-order valence-corrected chi connectivity index (χ0v) is 7.30. The van der Waals surface area contributed by atoms with Crippen LogP contribution in [0.2, 0.25) is 0 Å². The van der Waals surface area contributed by atoms with Crippen LogP contribution in [0.15, 0.2) is 12.7 Å². The lowest BCUT2D eigenvalue weighted by molar-refractivity contribution is 0.348. The van der Waals surface area contributed by atoms with Gasteiger partial charge in [0, 0.05) is 0 Å². The summed E-state index contributed by atoms with van der Waals surface area (Å²) < 4.78 is 26.3. The van der Waals surface area contributed by atoms with Gasteiger partial charge in [0.15, 0.2) is 0 Å². The lowest BCUT2D eigenvalue weighted by Crippen LogP contribution is -2.31.